The number of aliphatic hydroxyl groups excluding tert-OH is 3. The highest BCUT2D eigenvalue weighted by Crippen LogP contribution is 2.63. The van der Waals surface area contributed by atoms with Crippen LogP contribution < -0.4 is 5.73 Å². The van der Waals surface area contributed by atoms with E-state index < -0.39 is 84.8 Å². The highest BCUT2D eigenvalue weighted by Gasteiger charge is 2.67. The Bertz CT molecular complexity index is 1930. The predicted octanol–water partition coefficient (Wildman–Crippen LogP) is -1.70. The van der Waals surface area contributed by atoms with Gasteiger partial charge < -0.3 is 60.1 Å². The number of Topliss-reactive ketones (excluding diaryl/α,β-unsaturated/α-hetero) is 1. The molecule has 3 aliphatic heterocycles. The van der Waals surface area contributed by atoms with E-state index in [1.165, 1.54) is 24.3 Å². The van der Waals surface area contributed by atoms with Crippen LogP contribution in [-0.2, 0) is 41.3 Å². The number of nitroso groups, excluding NO2 is 1. The summed E-state index contributed by atoms with van der Waals surface area (Å²) in [5, 5.41) is 43.4. The normalized spacial score (nSPS) is 30.9. The zero-order valence-electron chi connectivity index (χ0n) is 27.9. The number of allylic oxidation sites excluding steroid dienone is 2. The Morgan fingerprint density at radius 3 is 2.37 bits per heavy atom. The third-order valence-electron chi connectivity index (χ3n) is 8.51. The summed E-state index contributed by atoms with van der Waals surface area (Å²) in [7, 11) is -15.5. The van der Waals surface area contributed by atoms with Crippen molar-refractivity contribution in [2.75, 3.05) is 32.5 Å². The monoisotopic (exact) mass is 830 g/mol. The van der Waals surface area contributed by atoms with Gasteiger partial charge in [-0.05, 0) is 12.8 Å². The SMILES string of the molecule is CN(CCCC(=O)C1=CN([C@@H]2O[C@H](COP(=O)(O)OP(=O)(O)OC[C@H]3O[C@@H](n4cnc5c(N)ncnc54)[C@@](O)(P(=O)(O)O)[C@@H]3O)[C@@H](O)[C@H]2O)C=CC1)N=O. The predicted molar refractivity (Wildman–Crippen MR) is 176 cm³/mol. The first-order valence-corrected chi connectivity index (χ1v) is 20.2. The molecule has 0 aliphatic carbocycles. The van der Waals surface area contributed by atoms with Crippen molar-refractivity contribution in [3.05, 3.63) is 41.6 Å². The van der Waals surface area contributed by atoms with E-state index in [0.29, 0.717) is 12.0 Å². The van der Waals surface area contributed by atoms with Gasteiger partial charge in [-0.25, -0.2) is 24.1 Å². The number of nitrogen functional groups attached to an aromatic ring is 1. The molecule has 2 aromatic rings. The molecule has 54 heavy (non-hydrogen) atoms. The van der Waals surface area contributed by atoms with Crippen molar-refractivity contribution in [2.24, 2.45) is 5.29 Å². The summed E-state index contributed by atoms with van der Waals surface area (Å²) in [6.45, 7) is -2.02. The minimum absolute atomic E-state index is 0.0666. The van der Waals surface area contributed by atoms with Crippen LogP contribution in [0.1, 0.15) is 25.5 Å². The number of nitrogens with zero attached hydrogens (tertiary/aromatic N) is 7. The summed E-state index contributed by atoms with van der Waals surface area (Å²) in [5.41, 5.74) is 5.80. The Labute approximate surface area is 303 Å². The average Bonchev–Trinajstić information content (AvgIpc) is 3.74. The minimum Gasteiger partial charge on any atom is -0.387 e. The maximum Gasteiger partial charge on any atom is 0.481 e. The lowest BCUT2D eigenvalue weighted by atomic mass is 10.0. The third-order valence-corrected chi connectivity index (χ3v) is 12.5. The number of carbonyl (C=O) groups is 1. The zero-order valence-corrected chi connectivity index (χ0v) is 30.6. The molecule has 2 unspecified atom stereocenters. The van der Waals surface area contributed by atoms with E-state index in [4.69, 9.17) is 19.7 Å². The first-order chi connectivity index (χ1) is 25.2. The number of phosphoric ester groups is 2. The van der Waals surface area contributed by atoms with Crippen LogP contribution in [0.5, 0.6) is 0 Å². The molecule has 2 fully saturated rings. The summed E-state index contributed by atoms with van der Waals surface area (Å²) in [4.78, 5) is 76.3. The van der Waals surface area contributed by atoms with Crippen LogP contribution in [0.3, 0.4) is 0 Å². The van der Waals surface area contributed by atoms with Crippen molar-refractivity contribution in [1.29, 1.82) is 0 Å². The van der Waals surface area contributed by atoms with E-state index in [2.05, 4.69) is 29.1 Å². The molecule has 0 aromatic carbocycles. The van der Waals surface area contributed by atoms with E-state index >= 15 is 0 Å². The number of aromatic nitrogens is 4. The molecule has 5 heterocycles. The summed E-state index contributed by atoms with van der Waals surface area (Å²) in [5.74, 6) is -0.412. The number of carbonyl (C=O) groups excluding carboxylic acids is 1. The van der Waals surface area contributed by atoms with Crippen molar-refractivity contribution >= 4 is 46.0 Å². The molecule has 0 spiro atoms. The number of hydrogen-bond donors (Lipinski definition) is 9. The number of nitrogens with two attached hydrogens (primary N) is 1. The Hall–Kier alpha value is -3.13. The molecular weight excluding hydrogens is 793 g/mol. The van der Waals surface area contributed by atoms with Gasteiger partial charge in [0.15, 0.2) is 29.7 Å². The van der Waals surface area contributed by atoms with Crippen LogP contribution in [0.25, 0.3) is 11.2 Å². The molecule has 300 valence electrons. The zero-order chi connectivity index (χ0) is 39.8. The van der Waals surface area contributed by atoms with Gasteiger partial charge in [0.1, 0.15) is 42.4 Å². The molecule has 2 saturated heterocycles. The smallest absolute Gasteiger partial charge is 0.387 e. The average molecular weight is 831 g/mol. The second-order valence-corrected chi connectivity index (χ2v) is 17.1. The van der Waals surface area contributed by atoms with E-state index in [1.807, 2.05) is 0 Å². The van der Waals surface area contributed by atoms with Crippen LogP contribution in [-0.4, -0.2) is 144 Å². The van der Waals surface area contributed by atoms with Crippen molar-refractivity contribution in [3.8, 4) is 0 Å². The molecule has 0 amide bonds. The fourth-order valence-electron chi connectivity index (χ4n) is 5.74. The van der Waals surface area contributed by atoms with Crippen molar-refractivity contribution < 1.29 is 81.3 Å². The number of aliphatic hydroxyl groups is 4. The van der Waals surface area contributed by atoms with Gasteiger partial charge in [0.25, 0.3) is 0 Å². The number of rotatable bonds is 17. The molecule has 29 heteroatoms. The fraction of sp³-hybridized carbons (Fsp3) is 0.600. The number of fused-ring (bicyclic) bond motifs is 1. The van der Waals surface area contributed by atoms with Gasteiger partial charge in [0.05, 0.1) is 24.8 Å². The molecule has 0 radical (unpaired) electrons. The van der Waals surface area contributed by atoms with Gasteiger partial charge in [-0.15, -0.1) is 4.91 Å². The molecular formula is C25H37N8O18P3. The summed E-state index contributed by atoms with van der Waals surface area (Å²) in [6, 6.07) is 0. The number of hydrogen-bond acceptors (Lipinski definition) is 20. The van der Waals surface area contributed by atoms with Gasteiger partial charge in [0, 0.05) is 38.0 Å². The van der Waals surface area contributed by atoms with Crippen molar-refractivity contribution in [1.82, 2.24) is 29.4 Å². The second kappa shape index (κ2) is 16.2. The molecule has 26 nitrogen and oxygen atoms in total. The Kier molecular flexibility index (Phi) is 12.6. The van der Waals surface area contributed by atoms with Gasteiger partial charge in [0.2, 0.25) is 5.34 Å². The molecule has 5 rings (SSSR count). The lowest BCUT2D eigenvalue weighted by Crippen LogP contribution is -2.46. The van der Waals surface area contributed by atoms with Gasteiger partial charge in [-0.2, -0.15) is 4.31 Å². The van der Waals surface area contributed by atoms with Crippen molar-refractivity contribution in [3.63, 3.8) is 0 Å². The Balaban J connectivity index is 1.18. The fourth-order valence-corrected chi connectivity index (χ4v) is 8.81. The number of anilines is 1. The van der Waals surface area contributed by atoms with Gasteiger partial charge in [-0.1, -0.05) is 6.08 Å². The number of ketones is 1. The molecule has 10 N–H and O–H groups in total. The molecule has 2 aromatic heterocycles. The van der Waals surface area contributed by atoms with E-state index in [9.17, 15) is 63.4 Å². The van der Waals surface area contributed by atoms with Crippen LogP contribution in [0.4, 0.5) is 5.82 Å². The maximum atomic E-state index is 12.7. The first-order valence-electron chi connectivity index (χ1n) is 15.6. The summed E-state index contributed by atoms with van der Waals surface area (Å²) < 4.78 is 63.1. The molecule has 3 aliphatic rings. The largest absolute Gasteiger partial charge is 0.481 e. The van der Waals surface area contributed by atoms with Crippen LogP contribution >= 0.6 is 23.2 Å². The van der Waals surface area contributed by atoms with Crippen LogP contribution in [0.15, 0.2) is 42.0 Å². The lowest BCUT2D eigenvalue weighted by Gasteiger charge is -2.31. The lowest BCUT2D eigenvalue weighted by molar-refractivity contribution is -0.116. The third kappa shape index (κ3) is 8.79. The highest BCUT2D eigenvalue weighted by atomic mass is 31.3. The number of ether oxygens (including phenoxy) is 2. The van der Waals surface area contributed by atoms with Crippen molar-refractivity contribution in [2.45, 2.75) is 67.6 Å². The topological polar surface area (TPSA) is 382 Å². The number of imidazole rings is 1. The number of phosphoric acid groups is 2. The maximum absolute atomic E-state index is 12.7. The first kappa shape index (κ1) is 42.0. The molecule has 0 saturated carbocycles. The summed E-state index contributed by atoms with van der Waals surface area (Å²) in [6.07, 6.45) is -5.92. The highest BCUT2D eigenvalue weighted by molar-refractivity contribution is 7.61. The summed E-state index contributed by atoms with van der Waals surface area (Å²) >= 11 is 0. The van der Waals surface area contributed by atoms with E-state index in [1.54, 1.807) is 6.08 Å². The van der Waals surface area contributed by atoms with E-state index in [0.717, 1.165) is 22.2 Å². The second-order valence-electron chi connectivity index (χ2n) is 12.2. The van der Waals surface area contributed by atoms with Gasteiger partial charge in [-0.3, -0.25) is 28.0 Å². The minimum atomic E-state index is -5.72. The van der Waals surface area contributed by atoms with Crippen LogP contribution in [0.2, 0.25) is 0 Å². The quantitative estimate of drug-likeness (QED) is 0.0487. The van der Waals surface area contributed by atoms with Crippen LogP contribution in [0, 0.1) is 4.91 Å². The van der Waals surface area contributed by atoms with E-state index in [-0.39, 0.29) is 42.2 Å². The Morgan fingerprint density at radius 1 is 1.06 bits per heavy atom. The Morgan fingerprint density at radius 2 is 1.72 bits per heavy atom. The molecule has 0 bridgehead atoms. The standard InChI is InChI=1S/C25H37N8O18P3/c1-31(30-39)6-3-5-14(34)13-4-2-7-32(8-13)23-19(36)18(35)15(49-23)9-47-53(43,44)51-54(45,46)48-10-16-20(37)25(38,52(40,41)42)24(50-16)33-12-29-17-21(26)27-11-28-22(17)33/h2,7-8,11-12,15-16,18-20,23-24,35-38H,3-6,9-10H2,1H3,(H,43,44)(H,45,46)(H2,26,27,28)(H2,40,41,42)/t15-,16-,18-,19-,20-,23-,24-,25+/m1/s1. The molecule has 10 atom stereocenters. The van der Waals surface area contributed by atoms with Gasteiger partial charge >= 0.3 is 23.2 Å².